The van der Waals surface area contributed by atoms with Crippen molar-refractivity contribution in [3.05, 3.63) is 53.0 Å². The first-order chi connectivity index (χ1) is 7.75. The van der Waals surface area contributed by atoms with Gasteiger partial charge in [-0.25, -0.2) is 9.37 Å². The summed E-state index contributed by atoms with van der Waals surface area (Å²) in [4.78, 5) is 4.16. The van der Waals surface area contributed by atoms with Crippen molar-refractivity contribution >= 4 is 37.5 Å². The molecule has 1 heterocycles. The van der Waals surface area contributed by atoms with Gasteiger partial charge >= 0.3 is 0 Å². The van der Waals surface area contributed by atoms with Gasteiger partial charge in [0.1, 0.15) is 10.4 Å². The van der Waals surface area contributed by atoms with Crippen LogP contribution in [0.25, 0.3) is 21.5 Å². The zero-order chi connectivity index (χ0) is 11.1. The molecule has 0 fully saturated rings. The maximum absolute atomic E-state index is 13.2. The van der Waals surface area contributed by atoms with Crippen LogP contribution in [0.15, 0.2) is 47.2 Å². The molecule has 0 radical (unpaired) electrons. The summed E-state index contributed by atoms with van der Waals surface area (Å²) in [7, 11) is 0. The number of fused-ring (bicyclic) bond motifs is 3. The normalized spacial score (nSPS) is 11.1. The largest absolute Gasteiger partial charge is 0.249 e. The molecule has 78 valence electrons. The first-order valence-electron chi connectivity index (χ1n) is 4.88. The molecule has 3 heteroatoms. The highest BCUT2D eigenvalue weighted by Crippen LogP contribution is 2.29. The van der Waals surface area contributed by atoms with Gasteiger partial charge in [-0.3, -0.25) is 0 Å². The minimum Gasteiger partial charge on any atom is -0.249 e. The van der Waals surface area contributed by atoms with Crippen LogP contribution in [0.1, 0.15) is 0 Å². The molecular formula is C13H7BrFN. The van der Waals surface area contributed by atoms with Gasteiger partial charge in [0.2, 0.25) is 0 Å². The van der Waals surface area contributed by atoms with Crippen LogP contribution in [-0.2, 0) is 0 Å². The van der Waals surface area contributed by atoms with E-state index < -0.39 is 0 Å². The van der Waals surface area contributed by atoms with Crippen molar-refractivity contribution in [1.29, 1.82) is 0 Å². The molecule has 0 atom stereocenters. The highest BCUT2D eigenvalue weighted by atomic mass is 79.9. The van der Waals surface area contributed by atoms with Gasteiger partial charge in [0.15, 0.2) is 0 Å². The van der Waals surface area contributed by atoms with E-state index in [-0.39, 0.29) is 5.82 Å². The third-order valence-corrected chi connectivity index (χ3v) is 3.31. The van der Waals surface area contributed by atoms with Gasteiger partial charge in [-0.1, -0.05) is 18.2 Å². The molecule has 0 bridgehead atoms. The Morgan fingerprint density at radius 1 is 0.938 bits per heavy atom. The molecule has 0 saturated carbocycles. The molecule has 0 amide bonds. The average Bonchev–Trinajstić information content (AvgIpc) is 2.29. The standard InChI is InChI=1S/C13H7BrFN/c14-13-11-4-2-8-1-3-9(15)7-12(8)10(11)5-6-16-13/h1-7H. The van der Waals surface area contributed by atoms with Crippen LogP contribution in [0.4, 0.5) is 4.39 Å². The Labute approximate surface area is 100 Å². The van der Waals surface area contributed by atoms with Crippen molar-refractivity contribution in [2.45, 2.75) is 0 Å². The summed E-state index contributed by atoms with van der Waals surface area (Å²) in [6, 6.07) is 10.7. The molecule has 0 N–H and O–H groups in total. The maximum Gasteiger partial charge on any atom is 0.123 e. The van der Waals surface area contributed by atoms with E-state index in [1.807, 2.05) is 18.2 Å². The maximum atomic E-state index is 13.2. The highest BCUT2D eigenvalue weighted by molar-refractivity contribution is 9.10. The molecule has 3 aromatic rings. The van der Waals surface area contributed by atoms with Gasteiger partial charge in [0.05, 0.1) is 0 Å². The number of hydrogen-bond donors (Lipinski definition) is 0. The van der Waals surface area contributed by atoms with Crippen molar-refractivity contribution in [2.75, 3.05) is 0 Å². The van der Waals surface area contributed by atoms with Gasteiger partial charge < -0.3 is 0 Å². The summed E-state index contributed by atoms with van der Waals surface area (Å²) in [6.07, 6.45) is 1.72. The predicted octanol–water partition coefficient (Wildman–Crippen LogP) is 4.29. The minimum atomic E-state index is -0.215. The SMILES string of the molecule is Fc1ccc2ccc3c(Br)nccc3c2c1. The second-order valence-corrected chi connectivity index (χ2v) is 4.38. The van der Waals surface area contributed by atoms with Gasteiger partial charge in [0.25, 0.3) is 0 Å². The van der Waals surface area contributed by atoms with Crippen molar-refractivity contribution in [3.8, 4) is 0 Å². The first-order valence-corrected chi connectivity index (χ1v) is 5.67. The summed E-state index contributed by atoms with van der Waals surface area (Å²) in [6.45, 7) is 0. The van der Waals surface area contributed by atoms with E-state index in [2.05, 4.69) is 20.9 Å². The third kappa shape index (κ3) is 1.39. The monoisotopic (exact) mass is 275 g/mol. The molecular weight excluding hydrogens is 269 g/mol. The lowest BCUT2D eigenvalue weighted by atomic mass is 10.0. The molecule has 0 aliphatic heterocycles. The minimum absolute atomic E-state index is 0.215. The number of pyridine rings is 1. The van der Waals surface area contributed by atoms with E-state index in [9.17, 15) is 4.39 Å². The zero-order valence-electron chi connectivity index (χ0n) is 8.24. The Balaban J connectivity index is 2.58. The van der Waals surface area contributed by atoms with Crippen LogP contribution >= 0.6 is 15.9 Å². The van der Waals surface area contributed by atoms with Gasteiger partial charge in [-0.2, -0.15) is 0 Å². The number of halogens is 2. The topological polar surface area (TPSA) is 12.9 Å². The molecule has 3 rings (SSSR count). The lowest BCUT2D eigenvalue weighted by molar-refractivity contribution is 0.630. The summed E-state index contributed by atoms with van der Waals surface area (Å²) in [5, 5.41) is 3.96. The Morgan fingerprint density at radius 2 is 1.75 bits per heavy atom. The van der Waals surface area contributed by atoms with E-state index in [1.165, 1.54) is 6.07 Å². The van der Waals surface area contributed by atoms with Crippen molar-refractivity contribution < 1.29 is 4.39 Å². The third-order valence-electron chi connectivity index (χ3n) is 2.68. The fourth-order valence-electron chi connectivity index (χ4n) is 1.92. The fourth-order valence-corrected chi connectivity index (χ4v) is 2.39. The molecule has 0 spiro atoms. The summed E-state index contributed by atoms with van der Waals surface area (Å²) in [5.41, 5.74) is 0. The van der Waals surface area contributed by atoms with E-state index in [1.54, 1.807) is 18.3 Å². The number of nitrogens with zero attached hydrogens (tertiary/aromatic N) is 1. The first kappa shape index (κ1) is 9.73. The lowest BCUT2D eigenvalue weighted by Gasteiger charge is -2.04. The molecule has 0 aliphatic carbocycles. The second kappa shape index (κ2) is 3.52. The Bertz CT molecular complexity index is 694. The van der Waals surface area contributed by atoms with E-state index in [0.717, 1.165) is 26.1 Å². The van der Waals surface area contributed by atoms with Crippen LogP contribution < -0.4 is 0 Å². The predicted molar refractivity (Wildman–Crippen MR) is 66.9 cm³/mol. The molecule has 1 nitrogen and oxygen atoms in total. The smallest absolute Gasteiger partial charge is 0.123 e. The van der Waals surface area contributed by atoms with E-state index >= 15 is 0 Å². The Morgan fingerprint density at radius 3 is 2.62 bits per heavy atom. The number of rotatable bonds is 0. The quantitative estimate of drug-likeness (QED) is 0.441. The van der Waals surface area contributed by atoms with E-state index in [0.29, 0.717) is 0 Å². The molecule has 1 aromatic heterocycles. The fraction of sp³-hybridized carbons (Fsp3) is 0. The molecule has 0 aliphatic rings. The van der Waals surface area contributed by atoms with E-state index in [4.69, 9.17) is 0 Å². The molecule has 16 heavy (non-hydrogen) atoms. The molecule has 0 saturated heterocycles. The lowest BCUT2D eigenvalue weighted by Crippen LogP contribution is -1.82. The average molecular weight is 276 g/mol. The van der Waals surface area contributed by atoms with Crippen LogP contribution in [0, 0.1) is 5.82 Å². The zero-order valence-corrected chi connectivity index (χ0v) is 9.83. The van der Waals surface area contributed by atoms with Crippen molar-refractivity contribution in [3.63, 3.8) is 0 Å². The Hall–Kier alpha value is -1.48. The Kier molecular flexibility index (Phi) is 2.14. The van der Waals surface area contributed by atoms with Crippen LogP contribution in [0.3, 0.4) is 0 Å². The number of aromatic nitrogens is 1. The molecule has 0 unspecified atom stereocenters. The van der Waals surface area contributed by atoms with Crippen LogP contribution in [0.5, 0.6) is 0 Å². The number of hydrogen-bond acceptors (Lipinski definition) is 1. The summed E-state index contributed by atoms with van der Waals surface area (Å²) >= 11 is 3.40. The van der Waals surface area contributed by atoms with Crippen molar-refractivity contribution in [1.82, 2.24) is 4.98 Å². The van der Waals surface area contributed by atoms with Crippen LogP contribution in [0.2, 0.25) is 0 Å². The molecule has 2 aromatic carbocycles. The highest BCUT2D eigenvalue weighted by Gasteiger charge is 2.04. The second-order valence-electron chi connectivity index (χ2n) is 3.63. The van der Waals surface area contributed by atoms with Crippen molar-refractivity contribution in [2.24, 2.45) is 0 Å². The number of benzene rings is 2. The van der Waals surface area contributed by atoms with Gasteiger partial charge in [-0.05, 0) is 50.3 Å². The van der Waals surface area contributed by atoms with Gasteiger partial charge in [-0.15, -0.1) is 0 Å². The summed E-state index contributed by atoms with van der Waals surface area (Å²) < 4.78 is 14.0. The van der Waals surface area contributed by atoms with Gasteiger partial charge in [0, 0.05) is 11.6 Å². The van der Waals surface area contributed by atoms with Crippen LogP contribution in [-0.4, -0.2) is 4.98 Å². The summed E-state index contributed by atoms with van der Waals surface area (Å²) in [5.74, 6) is -0.215.